The Kier molecular flexibility index (Phi) is 3.20. The highest BCUT2D eigenvalue weighted by atomic mass is 16.5. The molecule has 0 aliphatic heterocycles. The molecule has 2 aromatic carbocycles. The second-order valence-corrected chi connectivity index (χ2v) is 4.94. The second kappa shape index (κ2) is 5.02. The molecule has 0 saturated carbocycles. The molecule has 0 aliphatic carbocycles. The van der Waals surface area contributed by atoms with Gasteiger partial charge < -0.3 is 15.5 Å². The summed E-state index contributed by atoms with van der Waals surface area (Å²) in [4.78, 5) is 3.49. The minimum atomic E-state index is 0.565. The molecule has 3 heteroatoms. The number of aromatic nitrogens is 1. The number of H-pyrrole nitrogens is 1. The maximum Gasteiger partial charge on any atom is 0.119 e. The molecule has 0 atom stereocenters. The fourth-order valence-electron chi connectivity index (χ4n) is 2.57. The molecule has 3 aromatic rings. The first-order valence-corrected chi connectivity index (χ1v) is 6.68. The van der Waals surface area contributed by atoms with E-state index >= 15 is 0 Å². The normalized spacial score (nSPS) is 10.9. The van der Waals surface area contributed by atoms with Crippen molar-refractivity contribution in [3.63, 3.8) is 0 Å². The molecule has 0 spiro atoms. The molecule has 3 N–H and O–H groups in total. The number of methoxy groups -OCH3 is 1. The number of nitrogens with two attached hydrogens (primary N) is 1. The van der Waals surface area contributed by atoms with Crippen molar-refractivity contribution >= 4 is 10.9 Å². The Bertz CT molecular complexity index is 759. The van der Waals surface area contributed by atoms with Crippen molar-refractivity contribution in [2.24, 2.45) is 5.73 Å². The Labute approximate surface area is 118 Å². The van der Waals surface area contributed by atoms with Crippen LogP contribution in [0.25, 0.3) is 22.2 Å². The summed E-state index contributed by atoms with van der Waals surface area (Å²) in [7, 11) is 1.69. The highest BCUT2D eigenvalue weighted by molar-refractivity contribution is 5.91. The number of hydrogen-bond donors (Lipinski definition) is 2. The Morgan fingerprint density at radius 3 is 2.75 bits per heavy atom. The summed E-state index contributed by atoms with van der Waals surface area (Å²) in [6.45, 7) is 2.70. The third-order valence-electron chi connectivity index (χ3n) is 3.72. The van der Waals surface area contributed by atoms with Crippen LogP contribution in [-0.2, 0) is 6.54 Å². The first kappa shape index (κ1) is 12.8. The van der Waals surface area contributed by atoms with Gasteiger partial charge in [0.2, 0.25) is 0 Å². The Balaban J connectivity index is 2.18. The summed E-state index contributed by atoms with van der Waals surface area (Å²) < 4.78 is 5.30. The maximum absolute atomic E-state index is 5.72. The zero-order valence-electron chi connectivity index (χ0n) is 11.7. The highest BCUT2D eigenvalue weighted by Crippen LogP contribution is 2.31. The van der Waals surface area contributed by atoms with Gasteiger partial charge in [0.15, 0.2) is 0 Å². The largest absolute Gasteiger partial charge is 0.497 e. The van der Waals surface area contributed by atoms with E-state index in [9.17, 15) is 0 Å². The number of ether oxygens (including phenoxy) is 1. The fourth-order valence-corrected chi connectivity index (χ4v) is 2.57. The third kappa shape index (κ3) is 2.06. The summed E-state index contributed by atoms with van der Waals surface area (Å²) >= 11 is 0. The van der Waals surface area contributed by atoms with Crippen LogP contribution in [0.15, 0.2) is 42.5 Å². The maximum atomic E-state index is 5.72. The number of benzene rings is 2. The zero-order valence-corrected chi connectivity index (χ0v) is 11.7. The predicted molar refractivity (Wildman–Crippen MR) is 82.9 cm³/mol. The quantitative estimate of drug-likeness (QED) is 0.761. The summed E-state index contributed by atoms with van der Waals surface area (Å²) in [5.74, 6) is 0.864. The Morgan fingerprint density at radius 2 is 2.00 bits per heavy atom. The smallest absolute Gasteiger partial charge is 0.119 e. The van der Waals surface area contributed by atoms with Crippen LogP contribution in [-0.4, -0.2) is 12.1 Å². The lowest BCUT2D eigenvalue weighted by Gasteiger charge is -2.04. The third-order valence-corrected chi connectivity index (χ3v) is 3.72. The van der Waals surface area contributed by atoms with Crippen molar-refractivity contribution in [2.45, 2.75) is 13.5 Å². The molecule has 0 saturated heterocycles. The monoisotopic (exact) mass is 266 g/mol. The molecule has 3 nitrogen and oxygen atoms in total. The van der Waals surface area contributed by atoms with Crippen LogP contribution in [0.1, 0.15) is 11.1 Å². The number of nitrogens with one attached hydrogen (secondary N) is 1. The van der Waals surface area contributed by atoms with Gasteiger partial charge in [-0.2, -0.15) is 0 Å². The van der Waals surface area contributed by atoms with Crippen LogP contribution in [0.4, 0.5) is 0 Å². The lowest BCUT2D eigenvalue weighted by Crippen LogP contribution is -1.95. The van der Waals surface area contributed by atoms with Crippen molar-refractivity contribution in [3.8, 4) is 17.0 Å². The van der Waals surface area contributed by atoms with Crippen molar-refractivity contribution in [3.05, 3.63) is 53.6 Å². The standard InChI is InChI=1S/C17H18N2O/c1-11-15-8-12(10-18)6-7-16(15)19-17(11)13-4-3-5-14(9-13)20-2/h3-9,19H,10,18H2,1-2H3. The molecule has 20 heavy (non-hydrogen) atoms. The van der Waals surface area contributed by atoms with Crippen LogP contribution >= 0.6 is 0 Å². The molecule has 3 rings (SSSR count). The molecular formula is C17H18N2O. The zero-order chi connectivity index (χ0) is 14.1. The van der Waals surface area contributed by atoms with Crippen LogP contribution < -0.4 is 10.5 Å². The van der Waals surface area contributed by atoms with Crippen molar-refractivity contribution in [1.29, 1.82) is 0 Å². The van der Waals surface area contributed by atoms with E-state index in [4.69, 9.17) is 10.5 Å². The molecule has 102 valence electrons. The van der Waals surface area contributed by atoms with Gasteiger partial charge in [-0.3, -0.25) is 0 Å². The van der Waals surface area contributed by atoms with Crippen molar-refractivity contribution < 1.29 is 4.74 Å². The SMILES string of the molecule is COc1cccc(-c2[nH]c3ccc(CN)cc3c2C)c1. The minimum absolute atomic E-state index is 0.565. The molecule has 0 aliphatic rings. The number of aryl methyl sites for hydroxylation is 1. The molecule has 0 radical (unpaired) electrons. The average molecular weight is 266 g/mol. The predicted octanol–water partition coefficient (Wildman–Crippen LogP) is 3.61. The van der Waals surface area contributed by atoms with Gasteiger partial charge in [0.05, 0.1) is 7.11 Å². The fraction of sp³-hybridized carbons (Fsp3) is 0.176. The minimum Gasteiger partial charge on any atom is -0.497 e. The van der Waals surface area contributed by atoms with Gasteiger partial charge in [0.25, 0.3) is 0 Å². The molecule has 0 fully saturated rings. The molecule has 1 aromatic heterocycles. The van der Waals surface area contributed by atoms with Gasteiger partial charge in [0, 0.05) is 28.7 Å². The number of hydrogen-bond acceptors (Lipinski definition) is 2. The van der Waals surface area contributed by atoms with E-state index in [1.807, 2.05) is 18.2 Å². The highest BCUT2D eigenvalue weighted by Gasteiger charge is 2.10. The van der Waals surface area contributed by atoms with Gasteiger partial charge in [-0.15, -0.1) is 0 Å². The molecule has 0 unspecified atom stereocenters. The van der Waals surface area contributed by atoms with Gasteiger partial charge in [-0.25, -0.2) is 0 Å². The summed E-state index contributed by atoms with van der Waals surface area (Å²) in [5.41, 5.74) is 11.5. The second-order valence-electron chi connectivity index (χ2n) is 4.94. The summed E-state index contributed by atoms with van der Waals surface area (Å²) in [6, 6.07) is 14.4. The van der Waals surface area contributed by atoms with Gasteiger partial charge in [-0.1, -0.05) is 18.2 Å². The number of rotatable bonds is 3. The van der Waals surface area contributed by atoms with Crippen LogP contribution in [0, 0.1) is 6.92 Å². The van der Waals surface area contributed by atoms with E-state index in [0.29, 0.717) is 6.54 Å². The number of fused-ring (bicyclic) bond motifs is 1. The van der Waals surface area contributed by atoms with E-state index in [1.54, 1.807) is 7.11 Å². The van der Waals surface area contributed by atoms with E-state index in [0.717, 1.165) is 28.1 Å². The summed E-state index contributed by atoms with van der Waals surface area (Å²) in [5, 5.41) is 1.23. The van der Waals surface area contributed by atoms with Crippen LogP contribution in [0.3, 0.4) is 0 Å². The van der Waals surface area contributed by atoms with E-state index in [-0.39, 0.29) is 0 Å². The van der Waals surface area contributed by atoms with Gasteiger partial charge in [0.1, 0.15) is 5.75 Å². The van der Waals surface area contributed by atoms with E-state index < -0.39 is 0 Å². The van der Waals surface area contributed by atoms with Crippen molar-refractivity contribution in [2.75, 3.05) is 7.11 Å². The molecular weight excluding hydrogens is 248 g/mol. The lowest BCUT2D eigenvalue weighted by atomic mass is 10.0. The lowest BCUT2D eigenvalue weighted by molar-refractivity contribution is 0.415. The van der Waals surface area contributed by atoms with Crippen molar-refractivity contribution in [1.82, 2.24) is 4.98 Å². The summed E-state index contributed by atoms with van der Waals surface area (Å²) in [6.07, 6.45) is 0. The molecule has 1 heterocycles. The Morgan fingerprint density at radius 1 is 1.15 bits per heavy atom. The average Bonchev–Trinajstić information content (AvgIpc) is 2.84. The van der Waals surface area contributed by atoms with Gasteiger partial charge in [-0.05, 0) is 42.3 Å². The Hall–Kier alpha value is -2.26. The topological polar surface area (TPSA) is 51.0 Å². The van der Waals surface area contributed by atoms with E-state index in [1.165, 1.54) is 10.9 Å². The molecule has 0 amide bonds. The van der Waals surface area contributed by atoms with Crippen LogP contribution in [0.5, 0.6) is 5.75 Å². The van der Waals surface area contributed by atoms with E-state index in [2.05, 4.69) is 36.2 Å². The first-order chi connectivity index (χ1) is 9.72. The molecule has 0 bridgehead atoms. The van der Waals surface area contributed by atoms with Crippen LogP contribution in [0.2, 0.25) is 0 Å². The van der Waals surface area contributed by atoms with Gasteiger partial charge >= 0.3 is 0 Å². The first-order valence-electron chi connectivity index (χ1n) is 6.68. The number of aromatic amines is 1.